The number of amides is 1. The molecule has 0 atom stereocenters. The van der Waals surface area contributed by atoms with Gasteiger partial charge in [-0.3, -0.25) is 4.79 Å². The zero-order chi connectivity index (χ0) is 24.0. The number of hydrogen-bond donors (Lipinski definition) is 1. The molecule has 0 unspecified atom stereocenters. The molecule has 0 radical (unpaired) electrons. The van der Waals surface area contributed by atoms with E-state index in [1.807, 2.05) is 12.1 Å². The monoisotopic (exact) mass is 524 g/mol. The van der Waals surface area contributed by atoms with E-state index in [1.54, 1.807) is 36.4 Å². The molecular weight excluding hydrogens is 504 g/mol. The highest BCUT2D eigenvalue weighted by Gasteiger charge is 2.14. The van der Waals surface area contributed by atoms with Crippen LogP contribution in [0, 0.1) is 25.2 Å². The summed E-state index contributed by atoms with van der Waals surface area (Å²) >= 11 is 9.47. The second kappa shape index (κ2) is 11.0. The summed E-state index contributed by atoms with van der Waals surface area (Å²) in [6.45, 7) is 4.50. The smallest absolute Gasteiger partial charge is 0.266 e. The van der Waals surface area contributed by atoms with E-state index in [0.717, 1.165) is 5.56 Å². The first-order valence-electron chi connectivity index (χ1n) is 10.1. The number of rotatable bonds is 7. The van der Waals surface area contributed by atoms with Crippen molar-refractivity contribution in [3.8, 4) is 17.6 Å². The van der Waals surface area contributed by atoms with Gasteiger partial charge in [0, 0.05) is 10.7 Å². The van der Waals surface area contributed by atoms with Crippen molar-refractivity contribution in [3.63, 3.8) is 0 Å². The predicted octanol–water partition coefficient (Wildman–Crippen LogP) is 6.85. The van der Waals surface area contributed by atoms with Crippen molar-refractivity contribution in [2.24, 2.45) is 0 Å². The molecule has 0 saturated heterocycles. The summed E-state index contributed by atoms with van der Waals surface area (Å²) in [6, 6.07) is 18.3. The number of nitriles is 1. The van der Waals surface area contributed by atoms with E-state index in [0.29, 0.717) is 38.9 Å². The maximum Gasteiger partial charge on any atom is 0.266 e. The van der Waals surface area contributed by atoms with Crippen molar-refractivity contribution in [3.05, 3.63) is 91.9 Å². The zero-order valence-electron chi connectivity index (χ0n) is 18.4. The van der Waals surface area contributed by atoms with Crippen molar-refractivity contribution >= 4 is 45.2 Å². The van der Waals surface area contributed by atoms with E-state index >= 15 is 0 Å². The third kappa shape index (κ3) is 6.38. The van der Waals surface area contributed by atoms with Gasteiger partial charge in [0.05, 0.1) is 11.6 Å². The van der Waals surface area contributed by atoms with Gasteiger partial charge in [-0.1, -0.05) is 35.9 Å². The molecular formula is C26H22BrClN2O3. The van der Waals surface area contributed by atoms with Gasteiger partial charge in [0.15, 0.2) is 11.5 Å². The van der Waals surface area contributed by atoms with Gasteiger partial charge in [-0.25, -0.2) is 0 Å². The lowest BCUT2D eigenvalue weighted by Gasteiger charge is -2.14. The molecule has 33 heavy (non-hydrogen) atoms. The number of aryl methyl sites for hydroxylation is 2. The Morgan fingerprint density at radius 2 is 1.94 bits per heavy atom. The van der Waals surface area contributed by atoms with Crippen LogP contribution in [-0.4, -0.2) is 13.0 Å². The Hall–Kier alpha value is -3.27. The fourth-order valence-electron chi connectivity index (χ4n) is 3.09. The number of carbonyl (C=O) groups is 1. The molecule has 7 heteroatoms. The number of hydrogen-bond acceptors (Lipinski definition) is 4. The van der Waals surface area contributed by atoms with Gasteiger partial charge in [0.25, 0.3) is 5.91 Å². The summed E-state index contributed by atoms with van der Waals surface area (Å²) in [5, 5.41) is 12.7. The minimum atomic E-state index is -0.537. The van der Waals surface area contributed by atoms with Gasteiger partial charge in [0.2, 0.25) is 0 Å². The average molecular weight is 526 g/mol. The van der Waals surface area contributed by atoms with Crippen molar-refractivity contribution < 1.29 is 14.3 Å². The second-order valence-corrected chi connectivity index (χ2v) is 8.67. The summed E-state index contributed by atoms with van der Waals surface area (Å²) in [5.41, 5.74) is 4.51. The number of ether oxygens (including phenoxy) is 2. The van der Waals surface area contributed by atoms with Crippen LogP contribution in [0.2, 0.25) is 5.02 Å². The highest BCUT2D eigenvalue weighted by atomic mass is 79.9. The van der Waals surface area contributed by atoms with Gasteiger partial charge in [-0.15, -0.1) is 0 Å². The fourth-order valence-corrected chi connectivity index (χ4v) is 3.86. The van der Waals surface area contributed by atoms with Crippen LogP contribution >= 0.6 is 27.5 Å². The molecule has 0 fully saturated rings. The number of methoxy groups -OCH3 is 1. The summed E-state index contributed by atoms with van der Waals surface area (Å²) < 4.78 is 12.2. The molecule has 0 saturated carbocycles. The minimum Gasteiger partial charge on any atom is -0.493 e. The molecule has 1 amide bonds. The maximum absolute atomic E-state index is 12.6. The van der Waals surface area contributed by atoms with Crippen LogP contribution in [0.25, 0.3) is 6.08 Å². The molecule has 3 aromatic rings. The first kappa shape index (κ1) is 24.4. The first-order valence-corrected chi connectivity index (χ1v) is 11.2. The summed E-state index contributed by atoms with van der Waals surface area (Å²) in [7, 11) is 1.54. The fraction of sp³-hybridized carbons (Fsp3) is 0.154. The Morgan fingerprint density at radius 3 is 2.61 bits per heavy atom. The standard InChI is InChI=1S/C26H22BrClN2O3/c1-16-7-8-18(9-17(16)2)15-33-25-23(27)11-19(12-24(25)32-3)10-20(14-29)26(31)30-22-6-4-5-21(28)13-22/h4-13H,15H2,1-3H3,(H,30,31)/b20-10+. The van der Waals surface area contributed by atoms with E-state index in [4.69, 9.17) is 21.1 Å². The molecule has 3 rings (SSSR count). The van der Waals surface area contributed by atoms with E-state index in [-0.39, 0.29) is 5.57 Å². The van der Waals surface area contributed by atoms with E-state index in [1.165, 1.54) is 24.3 Å². The number of nitrogens with one attached hydrogen (secondary N) is 1. The molecule has 168 valence electrons. The van der Waals surface area contributed by atoms with Crippen molar-refractivity contribution in [1.29, 1.82) is 5.26 Å². The lowest BCUT2D eigenvalue weighted by atomic mass is 10.1. The largest absolute Gasteiger partial charge is 0.493 e. The van der Waals surface area contributed by atoms with E-state index < -0.39 is 5.91 Å². The Balaban J connectivity index is 1.82. The van der Waals surface area contributed by atoms with Crippen LogP contribution < -0.4 is 14.8 Å². The van der Waals surface area contributed by atoms with Crippen LogP contribution in [0.15, 0.2) is 64.6 Å². The predicted molar refractivity (Wildman–Crippen MR) is 135 cm³/mol. The summed E-state index contributed by atoms with van der Waals surface area (Å²) in [6.07, 6.45) is 1.49. The third-order valence-electron chi connectivity index (χ3n) is 4.96. The Bertz CT molecular complexity index is 1260. The van der Waals surface area contributed by atoms with Crippen LogP contribution in [0.3, 0.4) is 0 Å². The van der Waals surface area contributed by atoms with Gasteiger partial charge in [-0.2, -0.15) is 5.26 Å². The van der Waals surface area contributed by atoms with Gasteiger partial charge < -0.3 is 14.8 Å². The summed E-state index contributed by atoms with van der Waals surface area (Å²) in [4.78, 5) is 12.6. The van der Waals surface area contributed by atoms with Gasteiger partial charge >= 0.3 is 0 Å². The molecule has 3 aromatic carbocycles. The molecule has 0 aliphatic rings. The van der Waals surface area contributed by atoms with E-state index in [2.05, 4.69) is 47.2 Å². The van der Waals surface area contributed by atoms with Crippen LogP contribution in [-0.2, 0) is 11.4 Å². The Labute approximate surface area is 206 Å². The number of carbonyl (C=O) groups excluding carboxylic acids is 1. The molecule has 1 N–H and O–H groups in total. The topological polar surface area (TPSA) is 71.3 Å². The Kier molecular flexibility index (Phi) is 8.16. The lowest BCUT2D eigenvalue weighted by molar-refractivity contribution is -0.112. The first-order chi connectivity index (χ1) is 15.8. The molecule has 5 nitrogen and oxygen atoms in total. The quantitative estimate of drug-likeness (QED) is 0.270. The Morgan fingerprint density at radius 1 is 1.15 bits per heavy atom. The van der Waals surface area contributed by atoms with Crippen LogP contribution in [0.5, 0.6) is 11.5 Å². The highest BCUT2D eigenvalue weighted by Crippen LogP contribution is 2.38. The zero-order valence-corrected chi connectivity index (χ0v) is 20.8. The lowest BCUT2D eigenvalue weighted by Crippen LogP contribution is -2.13. The molecule has 0 heterocycles. The van der Waals surface area contributed by atoms with Crippen molar-refractivity contribution in [2.75, 3.05) is 12.4 Å². The number of benzene rings is 3. The molecule has 0 bridgehead atoms. The number of nitrogens with zero attached hydrogens (tertiary/aromatic N) is 1. The van der Waals surface area contributed by atoms with Gasteiger partial charge in [-0.05, 0) is 88.4 Å². The molecule has 0 spiro atoms. The second-order valence-electron chi connectivity index (χ2n) is 7.38. The van der Waals surface area contributed by atoms with Crippen molar-refractivity contribution in [1.82, 2.24) is 0 Å². The minimum absolute atomic E-state index is 0.0623. The SMILES string of the molecule is COc1cc(/C=C(\C#N)C(=O)Nc2cccc(Cl)c2)cc(Br)c1OCc1ccc(C)c(C)c1. The molecule has 0 aliphatic heterocycles. The van der Waals surface area contributed by atoms with Gasteiger partial charge in [0.1, 0.15) is 18.2 Å². The van der Waals surface area contributed by atoms with E-state index in [9.17, 15) is 10.1 Å². The van der Waals surface area contributed by atoms with Crippen molar-refractivity contribution in [2.45, 2.75) is 20.5 Å². The highest BCUT2D eigenvalue weighted by molar-refractivity contribution is 9.10. The van der Waals surface area contributed by atoms with Crippen LogP contribution in [0.1, 0.15) is 22.3 Å². The molecule has 0 aromatic heterocycles. The average Bonchev–Trinajstić information content (AvgIpc) is 2.78. The van der Waals surface area contributed by atoms with Crippen LogP contribution in [0.4, 0.5) is 5.69 Å². The third-order valence-corrected chi connectivity index (χ3v) is 5.79. The molecule has 0 aliphatic carbocycles. The summed E-state index contributed by atoms with van der Waals surface area (Å²) in [5.74, 6) is 0.478. The normalized spacial score (nSPS) is 11.0. The number of halogens is 2. The number of anilines is 1. The maximum atomic E-state index is 12.6.